The number of carbonyl (C=O) groups excluding carboxylic acids is 1. The van der Waals surface area contributed by atoms with Gasteiger partial charge in [0.15, 0.2) is 5.78 Å². The number of ketones is 1. The van der Waals surface area contributed by atoms with Crippen molar-refractivity contribution in [3.8, 4) is 0 Å². The molecule has 2 aliphatic carbocycles. The summed E-state index contributed by atoms with van der Waals surface area (Å²) < 4.78 is 0. The van der Waals surface area contributed by atoms with E-state index in [2.05, 4.69) is 13.8 Å². The van der Waals surface area contributed by atoms with E-state index < -0.39 is 0 Å². The molecular weight excluding hydrogens is 152 g/mol. The zero-order chi connectivity index (χ0) is 9.09. The maximum Gasteiger partial charge on any atom is 0.162 e. The van der Waals surface area contributed by atoms with Crippen LogP contribution < -0.4 is 0 Å². The number of allylic oxidation sites excluding steroid dienone is 2. The molecular formula is C10H14O2. The van der Waals surface area contributed by atoms with Crippen LogP contribution in [0.1, 0.15) is 27.2 Å². The third-order valence-electron chi connectivity index (χ3n) is 3.46. The van der Waals surface area contributed by atoms with Crippen LogP contribution in [0.4, 0.5) is 0 Å². The first-order chi connectivity index (χ1) is 5.46. The zero-order valence-electron chi connectivity index (χ0n) is 7.72. The molecule has 2 rings (SSSR count). The van der Waals surface area contributed by atoms with Crippen LogP contribution in [0.2, 0.25) is 0 Å². The maximum absolute atomic E-state index is 11.3. The predicted molar refractivity (Wildman–Crippen MR) is 45.7 cm³/mol. The van der Waals surface area contributed by atoms with E-state index >= 15 is 0 Å². The largest absolute Gasteiger partial charge is 0.512 e. The molecule has 0 aromatic rings. The van der Waals surface area contributed by atoms with Crippen molar-refractivity contribution in [3.63, 3.8) is 0 Å². The fourth-order valence-electron chi connectivity index (χ4n) is 2.61. The first kappa shape index (κ1) is 7.84. The van der Waals surface area contributed by atoms with E-state index in [9.17, 15) is 9.90 Å². The molecule has 0 spiro atoms. The Balaban J connectivity index is 2.37. The highest BCUT2D eigenvalue weighted by Crippen LogP contribution is 2.68. The summed E-state index contributed by atoms with van der Waals surface area (Å²) in [6, 6.07) is 0. The molecule has 2 nitrogen and oxygen atoms in total. The van der Waals surface area contributed by atoms with Gasteiger partial charge in [-0.15, -0.1) is 0 Å². The fraction of sp³-hybridized carbons (Fsp3) is 0.700. The molecule has 0 amide bonds. The van der Waals surface area contributed by atoms with Crippen molar-refractivity contribution in [2.75, 3.05) is 0 Å². The number of aliphatic hydroxyl groups excluding tert-OH is 1. The minimum Gasteiger partial charge on any atom is -0.512 e. The Labute approximate surface area is 72.3 Å². The van der Waals surface area contributed by atoms with Gasteiger partial charge < -0.3 is 5.11 Å². The van der Waals surface area contributed by atoms with Gasteiger partial charge in [-0.25, -0.2) is 0 Å². The SMILES string of the molecule is C/C(O)=C1/C(=O)CC2C1C2(C)C. The van der Waals surface area contributed by atoms with Gasteiger partial charge in [0.2, 0.25) is 0 Å². The predicted octanol–water partition coefficient (Wildman–Crippen LogP) is 2.06. The standard InChI is InChI=1S/C10H14O2/c1-5(11)8-7(12)4-6-9(8)10(6,2)3/h6,9,11H,4H2,1-3H3/b8-5+. The van der Waals surface area contributed by atoms with Gasteiger partial charge in [0.05, 0.1) is 5.76 Å². The van der Waals surface area contributed by atoms with E-state index in [4.69, 9.17) is 0 Å². The van der Waals surface area contributed by atoms with Gasteiger partial charge in [0, 0.05) is 12.0 Å². The van der Waals surface area contributed by atoms with Crippen molar-refractivity contribution < 1.29 is 9.90 Å². The quantitative estimate of drug-likeness (QED) is 0.442. The molecule has 12 heavy (non-hydrogen) atoms. The Morgan fingerprint density at radius 1 is 1.58 bits per heavy atom. The van der Waals surface area contributed by atoms with Gasteiger partial charge in [0.1, 0.15) is 0 Å². The Morgan fingerprint density at radius 2 is 2.17 bits per heavy atom. The Morgan fingerprint density at radius 3 is 2.50 bits per heavy atom. The summed E-state index contributed by atoms with van der Waals surface area (Å²) in [5.74, 6) is 1.24. The van der Waals surface area contributed by atoms with Crippen molar-refractivity contribution >= 4 is 5.78 Å². The van der Waals surface area contributed by atoms with E-state index in [0.29, 0.717) is 23.8 Å². The van der Waals surface area contributed by atoms with Crippen molar-refractivity contribution in [1.29, 1.82) is 0 Å². The average molecular weight is 166 g/mol. The van der Waals surface area contributed by atoms with Gasteiger partial charge >= 0.3 is 0 Å². The van der Waals surface area contributed by atoms with Crippen LogP contribution in [-0.4, -0.2) is 10.9 Å². The van der Waals surface area contributed by atoms with Crippen molar-refractivity contribution in [1.82, 2.24) is 0 Å². The average Bonchev–Trinajstić information content (AvgIpc) is 2.40. The lowest BCUT2D eigenvalue weighted by molar-refractivity contribution is -0.115. The third-order valence-corrected chi connectivity index (χ3v) is 3.46. The van der Waals surface area contributed by atoms with Crippen LogP contribution in [0, 0.1) is 17.3 Å². The highest BCUT2D eigenvalue weighted by Gasteiger charge is 2.65. The molecule has 1 N–H and O–H groups in total. The van der Waals surface area contributed by atoms with Gasteiger partial charge in [0.25, 0.3) is 0 Å². The van der Waals surface area contributed by atoms with Crippen LogP contribution in [-0.2, 0) is 4.79 Å². The van der Waals surface area contributed by atoms with E-state index in [1.807, 2.05) is 0 Å². The molecule has 0 bridgehead atoms. The van der Waals surface area contributed by atoms with Crippen LogP contribution in [0.5, 0.6) is 0 Å². The maximum atomic E-state index is 11.3. The summed E-state index contributed by atoms with van der Waals surface area (Å²) in [5, 5.41) is 9.31. The van der Waals surface area contributed by atoms with Crippen molar-refractivity contribution in [2.45, 2.75) is 27.2 Å². The molecule has 0 radical (unpaired) electrons. The lowest BCUT2D eigenvalue weighted by Crippen LogP contribution is -2.09. The summed E-state index contributed by atoms with van der Waals surface area (Å²) in [5.41, 5.74) is 0.956. The topological polar surface area (TPSA) is 37.3 Å². The highest BCUT2D eigenvalue weighted by molar-refractivity contribution is 6.00. The van der Waals surface area contributed by atoms with E-state index in [1.165, 1.54) is 0 Å². The first-order valence-electron chi connectivity index (χ1n) is 4.39. The summed E-state index contributed by atoms with van der Waals surface area (Å²) in [4.78, 5) is 11.3. The Kier molecular flexibility index (Phi) is 1.26. The number of hydrogen-bond acceptors (Lipinski definition) is 2. The van der Waals surface area contributed by atoms with E-state index in [1.54, 1.807) is 6.92 Å². The van der Waals surface area contributed by atoms with Crippen LogP contribution in [0.15, 0.2) is 11.3 Å². The summed E-state index contributed by atoms with van der Waals surface area (Å²) in [6.45, 7) is 5.94. The molecule has 2 aliphatic rings. The smallest absolute Gasteiger partial charge is 0.162 e. The second-order valence-electron chi connectivity index (χ2n) is 4.53. The number of hydrogen-bond donors (Lipinski definition) is 1. The fourth-order valence-corrected chi connectivity index (χ4v) is 2.61. The van der Waals surface area contributed by atoms with Gasteiger partial charge in [-0.1, -0.05) is 13.8 Å². The molecule has 2 unspecified atom stereocenters. The molecule has 2 heteroatoms. The zero-order valence-corrected chi connectivity index (χ0v) is 7.72. The third kappa shape index (κ3) is 0.728. The van der Waals surface area contributed by atoms with Gasteiger partial charge in [-0.3, -0.25) is 4.79 Å². The number of aliphatic hydroxyl groups is 1. The van der Waals surface area contributed by atoms with Crippen LogP contribution in [0.3, 0.4) is 0 Å². The molecule has 0 aliphatic heterocycles. The molecule has 0 aromatic carbocycles. The minimum atomic E-state index is 0.157. The summed E-state index contributed by atoms with van der Waals surface area (Å²) in [7, 11) is 0. The number of rotatable bonds is 0. The van der Waals surface area contributed by atoms with E-state index in [-0.39, 0.29) is 17.0 Å². The second-order valence-corrected chi connectivity index (χ2v) is 4.53. The number of carbonyl (C=O) groups is 1. The molecule has 66 valence electrons. The molecule has 2 atom stereocenters. The monoisotopic (exact) mass is 166 g/mol. The Bertz CT molecular complexity index is 282. The lowest BCUT2D eigenvalue weighted by Gasteiger charge is -2.09. The molecule has 0 heterocycles. The number of Topliss-reactive ketones (excluding diaryl/α,β-unsaturated/α-hetero) is 1. The molecule has 2 fully saturated rings. The van der Waals surface area contributed by atoms with Crippen LogP contribution in [0.25, 0.3) is 0 Å². The second kappa shape index (κ2) is 1.93. The van der Waals surface area contributed by atoms with Crippen molar-refractivity contribution in [3.05, 3.63) is 11.3 Å². The van der Waals surface area contributed by atoms with Crippen molar-refractivity contribution in [2.24, 2.45) is 17.3 Å². The Hall–Kier alpha value is -0.790. The first-order valence-corrected chi connectivity index (χ1v) is 4.39. The normalized spacial score (nSPS) is 41.1. The van der Waals surface area contributed by atoms with Crippen LogP contribution >= 0.6 is 0 Å². The molecule has 2 saturated carbocycles. The summed E-state index contributed by atoms with van der Waals surface area (Å²) in [6.07, 6.45) is 0.644. The van der Waals surface area contributed by atoms with Gasteiger partial charge in [-0.05, 0) is 24.2 Å². The minimum absolute atomic E-state index is 0.157. The molecule has 0 aromatic heterocycles. The lowest BCUT2D eigenvalue weighted by atomic mass is 9.96. The summed E-state index contributed by atoms with van der Waals surface area (Å²) >= 11 is 0. The highest BCUT2D eigenvalue weighted by atomic mass is 16.3. The number of fused-ring (bicyclic) bond motifs is 1. The molecule has 0 saturated heterocycles. The van der Waals surface area contributed by atoms with Gasteiger partial charge in [-0.2, -0.15) is 0 Å². The van der Waals surface area contributed by atoms with E-state index in [0.717, 1.165) is 0 Å².